The molecule has 124 valence electrons. The fourth-order valence-electron chi connectivity index (χ4n) is 2.31. The highest BCUT2D eigenvalue weighted by Gasteiger charge is 2.30. The summed E-state index contributed by atoms with van der Waals surface area (Å²) in [7, 11) is 0. The van der Waals surface area contributed by atoms with Gasteiger partial charge in [-0.1, -0.05) is 19.9 Å². The van der Waals surface area contributed by atoms with E-state index in [1.165, 1.54) is 4.90 Å². The topological polar surface area (TPSA) is 98.7 Å². The second-order valence-electron chi connectivity index (χ2n) is 5.92. The van der Waals surface area contributed by atoms with E-state index < -0.39 is 11.9 Å². The van der Waals surface area contributed by atoms with Gasteiger partial charge in [-0.05, 0) is 24.6 Å². The highest BCUT2D eigenvalue weighted by molar-refractivity contribution is 5.94. The largest absolute Gasteiger partial charge is 0.481 e. The van der Waals surface area contributed by atoms with Gasteiger partial charge in [0.05, 0.1) is 5.92 Å². The number of anilines is 2. The van der Waals surface area contributed by atoms with E-state index in [0.717, 1.165) is 0 Å². The number of benzene rings is 1. The molecule has 1 heterocycles. The van der Waals surface area contributed by atoms with E-state index in [1.807, 2.05) is 0 Å². The van der Waals surface area contributed by atoms with Crippen LogP contribution in [-0.2, 0) is 9.59 Å². The van der Waals surface area contributed by atoms with Gasteiger partial charge in [0.2, 0.25) is 5.91 Å². The molecule has 1 aromatic rings. The molecule has 23 heavy (non-hydrogen) atoms. The lowest BCUT2D eigenvalue weighted by Crippen LogP contribution is -2.33. The molecule has 1 aliphatic heterocycles. The summed E-state index contributed by atoms with van der Waals surface area (Å²) in [6.45, 7) is 4.23. The number of carboxylic acid groups (broad SMARTS) is 1. The van der Waals surface area contributed by atoms with Gasteiger partial charge in [0.1, 0.15) is 0 Å². The fourth-order valence-corrected chi connectivity index (χ4v) is 2.31. The molecule has 0 bridgehead atoms. The van der Waals surface area contributed by atoms with E-state index in [4.69, 9.17) is 5.11 Å². The summed E-state index contributed by atoms with van der Waals surface area (Å²) in [6.07, 6.45) is 0.466. The van der Waals surface area contributed by atoms with Crippen molar-refractivity contribution in [3.05, 3.63) is 24.3 Å². The zero-order valence-corrected chi connectivity index (χ0v) is 13.2. The lowest BCUT2D eigenvalue weighted by atomic mass is 10.1. The van der Waals surface area contributed by atoms with Crippen molar-refractivity contribution in [2.24, 2.45) is 11.8 Å². The van der Waals surface area contributed by atoms with Gasteiger partial charge in [-0.25, -0.2) is 4.79 Å². The quantitative estimate of drug-likeness (QED) is 0.792. The van der Waals surface area contributed by atoms with Crippen LogP contribution in [0.5, 0.6) is 0 Å². The van der Waals surface area contributed by atoms with Crippen LogP contribution in [0.4, 0.5) is 16.2 Å². The van der Waals surface area contributed by atoms with Crippen LogP contribution in [-0.4, -0.2) is 41.0 Å². The van der Waals surface area contributed by atoms with Gasteiger partial charge in [0.25, 0.3) is 0 Å². The predicted molar refractivity (Wildman–Crippen MR) is 86.2 cm³/mol. The van der Waals surface area contributed by atoms with Gasteiger partial charge in [0.15, 0.2) is 0 Å². The summed E-state index contributed by atoms with van der Waals surface area (Å²) >= 11 is 0. The third-order valence-electron chi connectivity index (χ3n) is 3.73. The average molecular weight is 319 g/mol. The van der Waals surface area contributed by atoms with E-state index >= 15 is 0 Å². The Kier molecular flexibility index (Phi) is 5.20. The number of urea groups is 1. The average Bonchev–Trinajstić information content (AvgIpc) is 2.97. The first-order chi connectivity index (χ1) is 10.9. The van der Waals surface area contributed by atoms with E-state index in [0.29, 0.717) is 24.3 Å². The van der Waals surface area contributed by atoms with Crippen molar-refractivity contribution in [2.75, 3.05) is 23.7 Å². The summed E-state index contributed by atoms with van der Waals surface area (Å²) in [6, 6.07) is 6.53. The third-order valence-corrected chi connectivity index (χ3v) is 3.73. The van der Waals surface area contributed by atoms with Gasteiger partial charge in [-0.15, -0.1) is 0 Å². The van der Waals surface area contributed by atoms with Crippen LogP contribution in [0.3, 0.4) is 0 Å². The molecule has 0 radical (unpaired) electrons. The molecule has 0 saturated carbocycles. The SMILES string of the molecule is CC(C)C(=O)Nc1cccc(NC(=O)N2CCC(C(=O)O)C2)c1. The molecule has 1 fully saturated rings. The molecule has 0 aliphatic carbocycles. The Balaban J connectivity index is 1.96. The highest BCUT2D eigenvalue weighted by atomic mass is 16.4. The summed E-state index contributed by atoms with van der Waals surface area (Å²) in [5, 5.41) is 14.5. The molecule has 7 heteroatoms. The van der Waals surface area contributed by atoms with Crippen LogP contribution in [0.1, 0.15) is 20.3 Å². The second kappa shape index (κ2) is 7.13. The van der Waals surface area contributed by atoms with Crippen LogP contribution in [0, 0.1) is 11.8 Å². The molecule has 3 N–H and O–H groups in total. The van der Waals surface area contributed by atoms with Crippen LogP contribution in [0.15, 0.2) is 24.3 Å². The molecule has 1 atom stereocenters. The monoisotopic (exact) mass is 319 g/mol. The van der Waals surface area contributed by atoms with Crippen molar-refractivity contribution in [1.29, 1.82) is 0 Å². The fraction of sp³-hybridized carbons (Fsp3) is 0.438. The maximum atomic E-state index is 12.2. The number of nitrogens with one attached hydrogen (secondary N) is 2. The standard InChI is InChI=1S/C16H21N3O4/c1-10(2)14(20)17-12-4-3-5-13(8-12)18-16(23)19-7-6-11(9-19)15(21)22/h3-5,8,10-11H,6-7,9H2,1-2H3,(H,17,20)(H,18,23)(H,21,22). The number of likely N-dealkylation sites (tertiary alicyclic amines) is 1. The Morgan fingerprint density at radius 3 is 2.43 bits per heavy atom. The van der Waals surface area contributed by atoms with Gasteiger partial charge >= 0.3 is 12.0 Å². The zero-order valence-electron chi connectivity index (χ0n) is 13.2. The first-order valence-electron chi connectivity index (χ1n) is 7.56. The maximum Gasteiger partial charge on any atom is 0.321 e. The van der Waals surface area contributed by atoms with Gasteiger partial charge < -0.3 is 20.6 Å². The van der Waals surface area contributed by atoms with E-state index in [-0.39, 0.29) is 24.4 Å². The van der Waals surface area contributed by atoms with Crippen molar-refractivity contribution in [3.8, 4) is 0 Å². The summed E-state index contributed by atoms with van der Waals surface area (Å²) in [5.74, 6) is -1.61. The molecule has 0 spiro atoms. The molecule has 1 aromatic carbocycles. The highest BCUT2D eigenvalue weighted by Crippen LogP contribution is 2.20. The number of carbonyl (C=O) groups excluding carboxylic acids is 2. The maximum absolute atomic E-state index is 12.2. The van der Waals surface area contributed by atoms with Crippen LogP contribution < -0.4 is 10.6 Å². The number of hydrogen-bond donors (Lipinski definition) is 3. The van der Waals surface area contributed by atoms with Crippen molar-refractivity contribution in [2.45, 2.75) is 20.3 Å². The predicted octanol–water partition coefficient (Wildman–Crippen LogP) is 2.22. The van der Waals surface area contributed by atoms with Gasteiger partial charge in [0, 0.05) is 30.4 Å². The molecule has 1 unspecified atom stereocenters. The molecule has 1 saturated heterocycles. The lowest BCUT2D eigenvalue weighted by Gasteiger charge is -2.17. The van der Waals surface area contributed by atoms with Crippen molar-refractivity contribution in [1.82, 2.24) is 4.90 Å². The van der Waals surface area contributed by atoms with Crippen LogP contribution in [0.25, 0.3) is 0 Å². The van der Waals surface area contributed by atoms with E-state index in [2.05, 4.69) is 10.6 Å². The van der Waals surface area contributed by atoms with Crippen molar-refractivity contribution >= 4 is 29.3 Å². The third kappa shape index (κ3) is 4.45. The normalized spacial score (nSPS) is 17.2. The molecule has 0 aromatic heterocycles. The molecule has 2 rings (SSSR count). The number of amides is 3. The second-order valence-corrected chi connectivity index (χ2v) is 5.92. The molecular weight excluding hydrogens is 298 g/mol. The lowest BCUT2D eigenvalue weighted by molar-refractivity contribution is -0.141. The zero-order chi connectivity index (χ0) is 17.0. The van der Waals surface area contributed by atoms with Gasteiger partial charge in [-0.3, -0.25) is 9.59 Å². The Labute approximate surface area is 134 Å². The first-order valence-corrected chi connectivity index (χ1v) is 7.56. The molecule has 7 nitrogen and oxygen atoms in total. The number of carbonyl (C=O) groups is 3. The van der Waals surface area contributed by atoms with E-state index in [9.17, 15) is 14.4 Å². The summed E-state index contributed by atoms with van der Waals surface area (Å²) in [5.41, 5.74) is 1.15. The Morgan fingerprint density at radius 1 is 1.22 bits per heavy atom. The number of rotatable bonds is 4. The Bertz CT molecular complexity index is 615. The van der Waals surface area contributed by atoms with E-state index in [1.54, 1.807) is 38.1 Å². The minimum Gasteiger partial charge on any atom is -0.481 e. The van der Waals surface area contributed by atoms with Crippen LogP contribution in [0.2, 0.25) is 0 Å². The van der Waals surface area contributed by atoms with Crippen LogP contribution >= 0.6 is 0 Å². The van der Waals surface area contributed by atoms with Crippen molar-refractivity contribution in [3.63, 3.8) is 0 Å². The Morgan fingerprint density at radius 2 is 1.87 bits per heavy atom. The molecule has 1 aliphatic rings. The number of hydrogen-bond acceptors (Lipinski definition) is 3. The minimum atomic E-state index is -0.876. The minimum absolute atomic E-state index is 0.0997. The smallest absolute Gasteiger partial charge is 0.321 e. The van der Waals surface area contributed by atoms with Gasteiger partial charge in [-0.2, -0.15) is 0 Å². The number of nitrogens with zero attached hydrogens (tertiary/aromatic N) is 1. The summed E-state index contributed by atoms with van der Waals surface area (Å²) in [4.78, 5) is 36.3. The first kappa shape index (κ1) is 16.8. The number of aliphatic carboxylic acids is 1. The molecule has 3 amide bonds. The Hall–Kier alpha value is -2.57. The molecular formula is C16H21N3O4. The van der Waals surface area contributed by atoms with Crippen molar-refractivity contribution < 1.29 is 19.5 Å². The summed E-state index contributed by atoms with van der Waals surface area (Å²) < 4.78 is 0. The number of carboxylic acids is 1.